The molecule has 4 nitrogen and oxygen atoms in total. The quantitative estimate of drug-likeness (QED) is 0.0579. The fourth-order valence-corrected chi connectivity index (χ4v) is 6.33. The average Bonchev–Trinajstić information content (AvgIpc) is 3.35. The van der Waals surface area contributed by atoms with Gasteiger partial charge in [0.15, 0.2) is 5.78 Å². The summed E-state index contributed by atoms with van der Waals surface area (Å²) in [6.07, 6.45) is 8.34. The van der Waals surface area contributed by atoms with Crippen LogP contribution in [0.1, 0.15) is 88.0 Å². The average molecular weight is 768 g/mol. The summed E-state index contributed by atoms with van der Waals surface area (Å²) in [7, 11) is 0. The topological polar surface area (TPSA) is 54.6 Å². The summed E-state index contributed by atoms with van der Waals surface area (Å²) in [6.45, 7) is 16.8. The van der Waals surface area contributed by atoms with Gasteiger partial charge in [-0.25, -0.2) is 0 Å². The number of aromatic nitrogens is 2. The Kier molecular flexibility index (Phi) is 9.35. The Morgan fingerprint density at radius 3 is 2.25 bits per heavy atom. The maximum absolute atomic E-state index is 11.7. The van der Waals surface area contributed by atoms with Crippen molar-refractivity contribution in [2.45, 2.75) is 86.5 Å². The number of nitrogens with zero attached hydrogens (tertiary/aromatic N) is 2. The third-order valence-corrected chi connectivity index (χ3v) is 9.10. The number of rotatable bonds is 7. The van der Waals surface area contributed by atoms with E-state index in [-0.39, 0.29) is 61.1 Å². The molecular formula is C39H45IrN2O2-. The second-order valence-electron chi connectivity index (χ2n) is 12.8. The van der Waals surface area contributed by atoms with Crippen molar-refractivity contribution in [2.75, 3.05) is 0 Å². The Morgan fingerprint density at radius 2 is 1.61 bits per heavy atom. The number of carbonyl (C=O) groups excluding carboxylic acids is 1. The SMILES string of the molecule is CCC(CC)C(=O)/C=C(\O)C(CC)CC.[2H]c1nc2c3c(cc4cc(C(C)(C)C)ccc4c3c1[2H])c1cccc3c(C)[c-]n2c31.[Ir]. The van der Waals surface area contributed by atoms with Crippen LogP contribution in [0.2, 0.25) is 0 Å². The standard InChI is InChI=1S/C26H21N2.C13H24O2.Ir/c1-15-14-28-24-18(15)6-5-7-21(24)22-13-16-12-17(26(2,3)4)8-9-19(16)20-10-11-27-25(28)23(20)22;1-5-10(6-2)12(14)9-13(15)11(7-3)8-4;/h5-13H,1-4H3;9-11,14H,5-8H2,1-4H3;/q-1;;/b;12-9-;/i10D,11D;;. The zero-order valence-corrected chi connectivity index (χ0v) is 29.6. The number of aryl methyl sites for hydroxylation is 1. The fourth-order valence-electron chi connectivity index (χ4n) is 6.33. The second kappa shape index (κ2) is 13.4. The van der Waals surface area contributed by atoms with Gasteiger partial charge in [0.1, 0.15) is 0 Å². The van der Waals surface area contributed by atoms with E-state index in [2.05, 4.69) is 81.3 Å². The van der Waals surface area contributed by atoms with E-state index in [0.717, 1.165) is 74.5 Å². The molecule has 6 rings (SSSR count). The first-order valence-corrected chi connectivity index (χ1v) is 15.7. The number of aliphatic hydroxyl groups is 1. The maximum Gasteiger partial charge on any atom is 0.162 e. The van der Waals surface area contributed by atoms with Gasteiger partial charge in [-0.05, 0) is 81.1 Å². The molecule has 0 atom stereocenters. The van der Waals surface area contributed by atoms with E-state index in [0.29, 0.717) is 5.65 Å². The molecule has 0 aliphatic rings. The number of carbonyl (C=O) groups is 1. The van der Waals surface area contributed by atoms with E-state index in [4.69, 9.17) is 2.74 Å². The molecule has 233 valence electrons. The molecule has 0 unspecified atom stereocenters. The maximum atomic E-state index is 11.7. The predicted octanol–water partition coefficient (Wildman–Crippen LogP) is 10.7. The third-order valence-electron chi connectivity index (χ3n) is 9.10. The fraction of sp³-hybridized carbons (Fsp3) is 0.385. The van der Waals surface area contributed by atoms with Gasteiger partial charge in [0, 0.05) is 44.2 Å². The summed E-state index contributed by atoms with van der Waals surface area (Å²) < 4.78 is 19.1. The van der Waals surface area contributed by atoms with E-state index < -0.39 is 0 Å². The Bertz CT molecular complexity index is 2060. The van der Waals surface area contributed by atoms with Gasteiger partial charge < -0.3 is 9.51 Å². The largest absolute Gasteiger partial charge is 0.512 e. The van der Waals surface area contributed by atoms with Gasteiger partial charge in [-0.2, -0.15) is 0 Å². The summed E-state index contributed by atoms with van der Waals surface area (Å²) in [5.74, 6) is 0.547. The van der Waals surface area contributed by atoms with Crippen molar-refractivity contribution < 1.29 is 32.7 Å². The minimum Gasteiger partial charge on any atom is -0.512 e. The number of aliphatic hydroxyl groups excluding tert-OH is 1. The zero-order valence-electron chi connectivity index (χ0n) is 29.2. The third kappa shape index (κ3) is 6.02. The molecule has 0 amide bonds. The van der Waals surface area contributed by atoms with Crippen molar-refractivity contribution in [3.63, 3.8) is 0 Å². The number of fused-ring (bicyclic) bond motifs is 4. The first-order valence-electron chi connectivity index (χ1n) is 16.7. The van der Waals surface area contributed by atoms with Crippen LogP contribution in [0.3, 0.4) is 0 Å². The number of hydrogen-bond donors (Lipinski definition) is 1. The summed E-state index contributed by atoms with van der Waals surface area (Å²) in [6, 6.07) is 15.3. The van der Waals surface area contributed by atoms with E-state index >= 15 is 0 Å². The van der Waals surface area contributed by atoms with Gasteiger partial charge in [0.2, 0.25) is 0 Å². The van der Waals surface area contributed by atoms with Crippen LogP contribution in [0.4, 0.5) is 0 Å². The van der Waals surface area contributed by atoms with Crippen LogP contribution in [-0.2, 0) is 30.3 Å². The molecule has 6 aromatic rings. The van der Waals surface area contributed by atoms with Crippen molar-refractivity contribution in [1.82, 2.24) is 9.38 Å². The minimum atomic E-state index is 0. The summed E-state index contributed by atoms with van der Waals surface area (Å²) in [5, 5.41) is 17.0. The molecule has 3 heterocycles. The summed E-state index contributed by atoms with van der Waals surface area (Å²) in [4.78, 5) is 16.3. The van der Waals surface area contributed by atoms with Crippen LogP contribution >= 0.6 is 0 Å². The normalized spacial score (nSPS) is 13.2. The van der Waals surface area contributed by atoms with Crippen molar-refractivity contribution in [3.05, 3.63) is 83.8 Å². The molecule has 0 aliphatic carbocycles. The van der Waals surface area contributed by atoms with Gasteiger partial charge in [-0.3, -0.25) is 9.78 Å². The van der Waals surface area contributed by atoms with E-state index in [1.165, 1.54) is 11.6 Å². The summed E-state index contributed by atoms with van der Waals surface area (Å²) in [5.41, 5.74) is 4.15. The number of pyridine rings is 2. The van der Waals surface area contributed by atoms with Gasteiger partial charge in [0.25, 0.3) is 0 Å². The molecule has 44 heavy (non-hydrogen) atoms. The molecule has 0 aliphatic heterocycles. The van der Waals surface area contributed by atoms with Crippen LogP contribution in [0.5, 0.6) is 0 Å². The molecule has 0 bridgehead atoms. The summed E-state index contributed by atoms with van der Waals surface area (Å²) >= 11 is 0. The van der Waals surface area contributed by atoms with Crippen LogP contribution < -0.4 is 0 Å². The monoisotopic (exact) mass is 768 g/mol. The van der Waals surface area contributed by atoms with E-state index in [1.807, 2.05) is 32.1 Å². The molecule has 0 fully saturated rings. The van der Waals surface area contributed by atoms with Gasteiger partial charge in [-0.1, -0.05) is 97.4 Å². The van der Waals surface area contributed by atoms with Crippen molar-refractivity contribution >= 4 is 54.7 Å². The number of benzene rings is 3. The van der Waals surface area contributed by atoms with Gasteiger partial charge >= 0.3 is 0 Å². The number of allylic oxidation sites excluding steroid dienone is 2. The smallest absolute Gasteiger partial charge is 0.162 e. The Hall–Kier alpha value is -3.27. The number of para-hydroxylation sites is 1. The number of ketones is 1. The first kappa shape index (κ1) is 30.7. The Morgan fingerprint density at radius 1 is 0.955 bits per heavy atom. The van der Waals surface area contributed by atoms with Crippen molar-refractivity contribution in [2.24, 2.45) is 11.8 Å². The number of hydrogen-bond acceptors (Lipinski definition) is 3. The van der Waals surface area contributed by atoms with E-state index in [9.17, 15) is 9.90 Å². The van der Waals surface area contributed by atoms with Gasteiger partial charge in [-0.15, -0.1) is 17.0 Å². The van der Waals surface area contributed by atoms with Crippen LogP contribution in [-0.4, -0.2) is 20.3 Å². The van der Waals surface area contributed by atoms with Crippen LogP contribution in [0.15, 0.2) is 66.5 Å². The molecule has 3 aromatic heterocycles. The van der Waals surface area contributed by atoms with Crippen LogP contribution in [0, 0.1) is 25.0 Å². The molecule has 3 aromatic carbocycles. The molecule has 5 heteroatoms. The molecular weight excluding hydrogens is 721 g/mol. The second-order valence-corrected chi connectivity index (χ2v) is 12.8. The Balaban J connectivity index is 0.000000259. The van der Waals surface area contributed by atoms with Crippen LogP contribution in [0.25, 0.3) is 48.9 Å². The predicted molar refractivity (Wildman–Crippen MR) is 183 cm³/mol. The first-order chi connectivity index (χ1) is 21.4. The minimum absolute atomic E-state index is 0. The molecule has 0 saturated heterocycles. The molecule has 0 spiro atoms. The zero-order chi connectivity index (χ0) is 32.8. The molecule has 1 radical (unpaired) electrons. The molecule has 0 saturated carbocycles. The van der Waals surface area contributed by atoms with Gasteiger partial charge in [0.05, 0.1) is 14.1 Å². The molecule has 1 N–H and O–H groups in total. The van der Waals surface area contributed by atoms with Crippen molar-refractivity contribution in [1.29, 1.82) is 0 Å². The van der Waals surface area contributed by atoms with E-state index in [1.54, 1.807) is 0 Å². The Labute approximate surface area is 278 Å². The van der Waals surface area contributed by atoms with Crippen molar-refractivity contribution in [3.8, 4) is 0 Å².